The average Bonchev–Trinajstić information content (AvgIpc) is 3.29. The quantitative estimate of drug-likeness (QED) is 0.885. The summed E-state index contributed by atoms with van der Waals surface area (Å²) in [5, 5.41) is 3.63. The van der Waals surface area contributed by atoms with Gasteiger partial charge in [-0.3, -0.25) is 4.90 Å². The fraction of sp³-hybridized carbons (Fsp3) is 0.556. The summed E-state index contributed by atoms with van der Waals surface area (Å²) in [4.78, 5) is 20.9. The summed E-state index contributed by atoms with van der Waals surface area (Å²) in [7, 11) is 0. The summed E-state index contributed by atoms with van der Waals surface area (Å²) in [5.74, 6) is 0.679. The highest BCUT2D eigenvalue weighted by Gasteiger charge is 2.23. The molecule has 8 heteroatoms. The number of amides is 2. The Kier molecular flexibility index (Phi) is 5.28. The van der Waals surface area contributed by atoms with Crippen molar-refractivity contribution in [3.63, 3.8) is 0 Å². The summed E-state index contributed by atoms with van der Waals surface area (Å²) >= 11 is 5.99. The van der Waals surface area contributed by atoms with E-state index in [0.29, 0.717) is 37.1 Å². The van der Waals surface area contributed by atoms with Gasteiger partial charge in [-0.2, -0.15) is 0 Å². The summed E-state index contributed by atoms with van der Waals surface area (Å²) < 4.78 is 11.3. The average molecular weight is 379 g/mol. The molecule has 0 aliphatic carbocycles. The number of oxazole rings is 1. The molecule has 3 heterocycles. The zero-order chi connectivity index (χ0) is 17.9. The van der Waals surface area contributed by atoms with E-state index in [2.05, 4.69) is 15.2 Å². The molecule has 2 aromatic rings. The van der Waals surface area contributed by atoms with Crippen molar-refractivity contribution in [2.45, 2.75) is 25.5 Å². The predicted molar refractivity (Wildman–Crippen MR) is 98.2 cm³/mol. The zero-order valence-corrected chi connectivity index (χ0v) is 15.4. The second-order valence-corrected chi connectivity index (χ2v) is 7.24. The molecule has 0 spiro atoms. The molecule has 0 bridgehead atoms. The van der Waals surface area contributed by atoms with Crippen LogP contribution in [0.3, 0.4) is 0 Å². The normalized spacial score (nSPS) is 21.4. The largest absolute Gasteiger partial charge is 0.439 e. The van der Waals surface area contributed by atoms with E-state index in [9.17, 15) is 4.79 Å². The van der Waals surface area contributed by atoms with Gasteiger partial charge in [0.2, 0.25) is 5.89 Å². The first-order chi connectivity index (χ1) is 12.7. The SMILES string of the molecule is O=C(NCC1CCCO1)N1CCN(Cc2nc3cc(Cl)ccc3o2)CC1. The molecular formula is C18H23ClN4O3. The molecule has 26 heavy (non-hydrogen) atoms. The lowest BCUT2D eigenvalue weighted by atomic mass is 10.2. The first-order valence-corrected chi connectivity index (χ1v) is 9.47. The Hall–Kier alpha value is -1.83. The van der Waals surface area contributed by atoms with Crippen LogP contribution < -0.4 is 5.32 Å². The topological polar surface area (TPSA) is 70.8 Å². The van der Waals surface area contributed by atoms with Crippen LogP contribution in [0, 0.1) is 0 Å². The Balaban J connectivity index is 1.25. The molecule has 4 rings (SSSR count). The Morgan fingerprint density at radius 3 is 2.92 bits per heavy atom. The summed E-state index contributed by atoms with van der Waals surface area (Å²) in [6.45, 7) is 5.04. The first-order valence-electron chi connectivity index (χ1n) is 9.09. The lowest BCUT2D eigenvalue weighted by Gasteiger charge is -2.34. The third kappa shape index (κ3) is 4.11. The van der Waals surface area contributed by atoms with Crippen LogP contribution in [0.25, 0.3) is 11.1 Å². The fourth-order valence-electron chi connectivity index (χ4n) is 3.43. The maximum absolute atomic E-state index is 12.3. The lowest BCUT2D eigenvalue weighted by Crippen LogP contribution is -2.52. The Bertz CT molecular complexity index is 767. The molecular weight excluding hydrogens is 356 g/mol. The number of carbonyl (C=O) groups excluding carboxylic acids is 1. The number of fused-ring (bicyclic) bond motifs is 1. The van der Waals surface area contributed by atoms with Gasteiger partial charge in [-0.25, -0.2) is 9.78 Å². The number of nitrogens with zero attached hydrogens (tertiary/aromatic N) is 3. The van der Waals surface area contributed by atoms with Crippen LogP contribution in [0.1, 0.15) is 18.7 Å². The van der Waals surface area contributed by atoms with Crippen molar-refractivity contribution < 1.29 is 13.9 Å². The van der Waals surface area contributed by atoms with E-state index in [4.69, 9.17) is 20.8 Å². The van der Waals surface area contributed by atoms with Gasteiger partial charge in [0.05, 0.1) is 12.6 Å². The summed E-state index contributed by atoms with van der Waals surface area (Å²) in [6, 6.07) is 5.44. The third-order valence-corrected chi connectivity index (χ3v) is 5.15. The molecule has 2 aliphatic heterocycles. The molecule has 2 saturated heterocycles. The number of hydrogen-bond donors (Lipinski definition) is 1. The molecule has 2 amide bonds. The van der Waals surface area contributed by atoms with Crippen LogP contribution in [0.2, 0.25) is 5.02 Å². The monoisotopic (exact) mass is 378 g/mol. The fourth-order valence-corrected chi connectivity index (χ4v) is 3.60. The van der Waals surface area contributed by atoms with Crippen LogP contribution in [0.15, 0.2) is 22.6 Å². The maximum atomic E-state index is 12.3. The smallest absolute Gasteiger partial charge is 0.317 e. The molecule has 2 aliphatic rings. The van der Waals surface area contributed by atoms with Crippen molar-refractivity contribution in [2.24, 2.45) is 0 Å². The minimum atomic E-state index is -0.00310. The maximum Gasteiger partial charge on any atom is 0.317 e. The molecule has 0 radical (unpaired) electrons. The van der Waals surface area contributed by atoms with Gasteiger partial charge in [0.1, 0.15) is 5.52 Å². The van der Waals surface area contributed by atoms with Crippen molar-refractivity contribution in [3.05, 3.63) is 29.1 Å². The number of urea groups is 1. The van der Waals surface area contributed by atoms with E-state index < -0.39 is 0 Å². The van der Waals surface area contributed by atoms with Crippen LogP contribution in [0.4, 0.5) is 4.79 Å². The van der Waals surface area contributed by atoms with Crippen LogP contribution in [-0.4, -0.2) is 66.2 Å². The van der Waals surface area contributed by atoms with Crippen molar-refractivity contribution in [1.82, 2.24) is 20.1 Å². The first kappa shape index (κ1) is 17.6. The van der Waals surface area contributed by atoms with Gasteiger partial charge in [-0.05, 0) is 31.0 Å². The molecule has 1 N–H and O–H groups in total. The number of halogens is 1. The Labute approximate surface area is 157 Å². The minimum Gasteiger partial charge on any atom is -0.439 e. The molecule has 1 aromatic heterocycles. The van der Waals surface area contributed by atoms with Gasteiger partial charge in [-0.15, -0.1) is 0 Å². The predicted octanol–water partition coefficient (Wildman–Crippen LogP) is 2.49. The number of nitrogens with one attached hydrogen (secondary N) is 1. The number of hydrogen-bond acceptors (Lipinski definition) is 5. The molecule has 0 saturated carbocycles. The molecule has 1 aromatic carbocycles. The number of benzene rings is 1. The Morgan fingerprint density at radius 1 is 1.31 bits per heavy atom. The zero-order valence-electron chi connectivity index (χ0n) is 14.6. The van der Waals surface area contributed by atoms with E-state index in [1.165, 1.54) is 0 Å². The van der Waals surface area contributed by atoms with Crippen molar-refractivity contribution in [2.75, 3.05) is 39.3 Å². The minimum absolute atomic E-state index is 0.00310. The summed E-state index contributed by atoms with van der Waals surface area (Å²) in [5.41, 5.74) is 1.52. The van der Waals surface area contributed by atoms with Crippen LogP contribution in [0.5, 0.6) is 0 Å². The number of carbonyl (C=O) groups is 1. The van der Waals surface area contributed by atoms with E-state index in [0.717, 1.165) is 43.6 Å². The highest BCUT2D eigenvalue weighted by molar-refractivity contribution is 6.31. The second kappa shape index (κ2) is 7.82. The van der Waals surface area contributed by atoms with Gasteiger partial charge < -0.3 is 19.4 Å². The van der Waals surface area contributed by atoms with E-state index in [-0.39, 0.29) is 12.1 Å². The van der Waals surface area contributed by atoms with E-state index in [1.54, 1.807) is 12.1 Å². The van der Waals surface area contributed by atoms with Gasteiger partial charge >= 0.3 is 6.03 Å². The third-order valence-electron chi connectivity index (χ3n) is 4.92. The standard InChI is InChI=1S/C18H23ClN4O3/c19-13-3-4-16-15(10-13)21-17(26-16)12-22-5-7-23(8-6-22)18(24)20-11-14-2-1-9-25-14/h3-4,10,14H,1-2,5-9,11-12H2,(H,20,24). The number of aromatic nitrogens is 1. The number of piperazine rings is 1. The molecule has 1 unspecified atom stereocenters. The highest BCUT2D eigenvalue weighted by atomic mass is 35.5. The van der Waals surface area contributed by atoms with E-state index in [1.807, 2.05) is 11.0 Å². The Morgan fingerprint density at radius 2 is 2.15 bits per heavy atom. The molecule has 7 nitrogen and oxygen atoms in total. The second-order valence-electron chi connectivity index (χ2n) is 6.80. The molecule has 2 fully saturated rings. The molecule has 140 valence electrons. The number of rotatable bonds is 4. The number of ether oxygens (including phenoxy) is 1. The van der Waals surface area contributed by atoms with Crippen LogP contribution >= 0.6 is 11.6 Å². The summed E-state index contributed by atoms with van der Waals surface area (Å²) in [6.07, 6.45) is 2.29. The van der Waals surface area contributed by atoms with Crippen LogP contribution in [-0.2, 0) is 11.3 Å². The van der Waals surface area contributed by atoms with Gasteiger partial charge in [0.15, 0.2) is 5.58 Å². The highest BCUT2D eigenvalue weighted by Crippen LogP contribution is 2.21. The van der Waals surface area contributed by atoms with E-state index >= 15 is 0 Å². The van der Waals surface area contributed by atoms with Gasteiger partial charge in [0, 0.05) is 44.4 Å². The van der Waals surface area contributed by atoms with Crippen molar-refractivity contribution in [1.29, 1.82) is 0 Å². The molecule has 1 atom stereocenters. The van der Waals surface area contributed by atoms with Crippen molar-refractivity contribution in [3.8, 4) is 0 Å². The van der Waals surface area contributed by atoms with Gasteiger partial charge in [0.25, 0.3) is 0 Å². The van der Waals surface area contributed by atoms with Crippen molar-refractivity contribution >= 4 is 28.7 Å². The lowest BCUT2D eigenvalue weighted by molar-refractivity contribution is 0.103. The van der Waals surface area contributed by atoms with Gasteiger partial charge in [-0.1, -0.05) is 11.6 Å².